The zero-order valence-corrected chi connectivity index (χ0v) is 6.48. The van der Waals surface area contributed by atoms with Crippen LogP contribution in [0.2, 0.25) is 4.34 Å². The fourth-order valence-corrected chi connectivity index (χ4v) is 2.00. The van der Waals surface area contributed by atoms with Crippen LogP contribution < -0.4 is 0 Å². The van der Waals surface area contributed by atoms with Crippen molar-refractivity contribution in [3.05, 3.63) is 20.3 Å². The van der Waals surface area contributed by atoms with Gasteiger partial charge < -0.3 is 0 Å². The Labute approximate surface area is 81.5 Å². The highest BCUT2D eigenvalue weighted by Gasteiger charge is 1.88. The van der Waals surface area contributed by atoms with Crippen LogP contribution in [0.25, 0.3) is 0 Å². The first-order valence-corrected chi connectivity index (χ1v) is 3.68. The molecule has 0 atom stereocenters. The van der Waals surface area contributed by atoms with Crippen LogP contribution >= 0.6 is 38.9 Å². The van der Waals surface area contributed by atoms with E-state index in [0.29, 0.717) is 0 Å². The summed E-state index contributed by atoms with van der Waals surface area (Å²) in [4.78, 5) is 0. The van der Waals surface area contributed by atoms with Crippen LogP contribution in [0.1, 0.15) is 0 Å². The molecule has 0 unspecified atom stereocenters. The standard InChI is InChI=1S/C4H2BrClS.Mg.2H/c5-3-1-2-4(6)7-3;;;/h1-2H;;;. The van der Waals surface area contributed by atoms with Crippen LogP contribution in [0.4, 0.5) is 0 Å². The molecule has 0 radical (unpaired) electrons. The van der Waals surface area contributed by atoms with E-state index in [1.807, 2.05) is 12.1 Å². The normalized spacial score (nSPS) is 8.25. The zero-order valence-electron chi connectivity index (χ0n) is 3.32. The molecular weight excluding hydrogens is 220 g/mol. The van der Waals surface area contributed by atoms with Crippen LogP contribution in [-0.2, 0) is 0 Å². The van der Waals surface area contributed by atoms with Gasteiger partial charge in [-0.25, -0.2) is 0 Å². The lowest BCUT2D eigenvalue weighted by atomic mass is 10.7. The fraction of sp³-hybridized carbons (Fsp3) is 0. The van der Waals surface area contributed by atoms with Gasteiger partial charge in [0.15, 0.2) is 0 Å². The first-order chi connectivity index (χ1) is 3.29. The van der Waals surface area contributed by atoms with Gasteiger partial charge in [0.05, 0.1) is 8.12 Å². The van der Waals surface area contributed by atoms with Crippen molar-refractivity contribution in [2.24, 2.45) is 0 Å². The van der Waals surface area contributed by atoms with Crippen molar-refractivity contribution in [2.75, 3.05) is 0 Å². The van der Waals surface area contributed by atoms with E-state index < -0.39 is 0 Å². The van der Waals surface area contributed by atoms with Gasteiger partial charge in [-0.05, 0) is 28.1 Å². The summed E-state index contributed by atoms with van der Waals surface area (Å²) in [5.41, 5.74) is 0. The van der Waals surface area contributed by atoms with Crippen molar-refractivity contribution >= 4 is 61.9 Å². The van der Waals surface area contributed by atoms with E-state index in [-0.39, 0.29) is 23.1 Å². The van der Waals surface area contributed by atoms with E-state index >= 15 is 0 Å². The van der Waals surface area contributed by atoms with Gasteiger partial charge in [0.25, 0.3) is 0 Å². The molecule has 0 saturated carbocycles. The largest absolute Gasteiger partial charge is 0.316 e. The SMILES string of the molecule is Clc1ccc(Br)s1.[MgH2]. The van der Waals surface area contributed by atoms with E-state index in [9.17, 15) is 0 Å². The van der Waals surface area contributed by atoms with Crippen molar-refractivity contribution in [1.82, 2.24) is 0 Å². The van der Waals surface area contributed by atoms with Gasteiger partial charge >= 0.3 is 23.1 Å². The molecule has 42 valence electrons. The Bertz CT molecular complexity index is 148. The minimum absolute atomic E-state index is 0. The lowest BCUT2D eigenvalue weighted by molar-refractivity contribution is 1.97. The minimum atomic E-state index is 0. The van der Waals surface area contributed by atoms with Crippen LogP contribution in [-0.4, -0.2) is 23.1 Å². The quantitative estimate of drug-likeness (QED) is 0.592. The molecule has 0 N–H and O–H groups in total. The lowest BCUT2D eigenvalue weighted by Crippen LogP contribution is -1.30. The summed E-state index contributed by atoms with van der Waals surface area (Å²) in [6.45, 7) is 0. The molecule has 0 fully saturated rings. The summed E-state index contributed by atoms with van der Waals surface area (Å²) in [6.07, 6.45) is 0. The topological polar surface area (TPSA) is 0 Å². The Balaban J connectivity index is 0.000000490. The highest BCUT2D eigenvalue weighted by molar-refractivity contribution is 9.11. The maximum Gasteiger partial charge on any atom is 0.316 e. The Morgan fingerprint density at radius 1 is 1.50 bits per heavy atom. The number of thiophene rings is 1. The van der Waals surface area contributed by atoms with Crippen molar-refractivity contribution in [1.29, 1.82) is 0 Å². The molecule has 0 aliphatic rings. The maximum atomic E-state index is 5.55. The Hall–Kier alpha value is 1.24. The van der Waals surface area contributed by atoms with E-state index in [4.69, 9.17) is 11.6 Å². The monoisotopic (exact) mass is 222 g/mol. The third-order valence-corrected chi connectivity index (χ3v) is 2.31. The van der Waals surface area contributed by atoms with Crippen molar-refractivity contribution in [3.63, 3.8) is 0 Å². The molecule has 0 aliphatic carbocycles. The molecule has 1 aromatic rings. The summed E-state index contributed by atoms with van der Waals surface area (Å²) in [5, 5.41) is 0. The minimum Gasteiger partial charge on any atom is -0.116 e. The fourth-order valence-electron chi connectivity index (χ4n) is 0.292. The van der Waals surface area contributed by atoms with Crippen molar-refractivity contribution < 1.29 is 0 Å². The average molecular weight is 224 g/mol. The Kier molecular flexibility index (Phi) is 4.75. The predicted molar refractivity (Wildman–Crippen MR) is 45.6 cm³/mol. The van der Waals surface area contributed by atoms with Gasteiger partial charge in [-0.15, -0.1) is 11.3 Å². The molecule has 0 bridgehead atoms. The van der Waals surface area contributed by atoms with E-state index in [2.05, 4.69) is 15.9 Å². The smallest absolute Gasteiger partial charge is 0.116 e. The van der Waals surface area contributed by atoms with Gasteiger partial charge in [-0.3, -0.25) is 0 Å². The van der Waals surface area contributed by atoms with Gasteiger partial charge in [0.1, 0.15) is 0 Å². The molecule has 0 spiro atoms. The summed E-state index contributed by atoms with van der Waals surface area (Å²) in [6, 6.07) is 3.78. The van der Waals surface area contributed by atoms with Crippen molar-refractivity contribution in [3.8, 4) is 0 Å². The number of rotatable bonds is 0. The Morgan fingerprint density at radius 3 is 2.25 bits per heavy atom. The van der Waals surface area contributed by atoms with E-state index in [1.165, 1.54) is 11.3 Å². The molecule has 4 heteroatoms. The molecule has 1 heterocycles. The lowest BCUT2D eigenvalue weighted by Gasteiger charge is -1.67. The number of halogens is 2. The molecule has 0 aliphatic heterocycles. The molecule has 0 nitrogen and oxygen atoms in total. The summed E-state index contributed by atoms with van der Waals surface area (Å²) in [5.74, 6) is 0. The summed E-state index contributed by atoms with van der Waals surface area (Å²) < 4.78 is 1.91. The molecule has 0 saturated heterocycles. The second-order valence-electron chi connectivity index (χ2n) is 1.04. The highest BCUT2D eigenvalue weighted by Crippen LogP contribution is 2.25. The van der Waals surface area contributed by atoms with Gasteiger partial charge in [0.2, 0.25) is 0 Å². The Morgan fingerprint density at radius 2 is 2.12 bits per heavy atom. The van der Waals surface area contributed by atoms with Crippen LogP contribution in [0, 0.1) is 0 Å². The molecule has 0 aromatic carbocycles. The second-order valence-corrected chi connectivity index (χ2v) is 4.14. The summed E-state index contributed by atoms with van der Waals surface area (Å²) >= 11 is 10.3. The van der Waals surface area contributed by atoms with Crippen LogP contribution in [0.15, 0.2) is 15.9 Å². The van der Waals surface area contributed by atoms with Gasteiger partial charge in [0, 0.05) is 0 Å². The maximum absolute atomic E-state index is 5.55. The predicted octanol–water partition coefficient (Wildman–Crippen LogP) is 2.25. The highest BCUT2D eigenvalue weighted by atomic mass is 79.9. The number of hydrogen-bond acceptors (Lipinski definition) is 1. The van der Waals surface area contributed by atoms with Crippen LogP contribution in [0.5, 0.6) is 0 Å². The average Bonchev–Trinajstić information content (AvgIpc) is 1.87. The second kappa shape index (κ2) is 4.12. The molecule has 0 amide bonds. The molecule has 1 aromatic heterocycles. The van der Waals surface area contributed by atoms with Crippen molar-refractivity contribution in [2.45, 2.75) is 0 Å². The molecular formula is C4H4BrClMgS. The first kappa shape index (κ1) is 9.24. The van der Waals surface area contributed by atoms with E-state index in [1.54, 1.807) is 0 Å². The van der Waals surface area contributed by atoms with Gasteiger partial charge in [-0.2, -0.15) is 0 Å². The van der Waals surface area contributed by atoms with Gasteiger partial charge in [-0.1, -0.05) is 11.6 Å². The zero-order chi connectivity index (χ0) is 5.28. The summed E-state index contributed by atoms with van der Waals surface area (Å²) in [7, 11) is 0. The van der Waals surface area contributed by atoms with E-state index in [0.717, 1.165) is 8.12 Å². The first-order valence-electron chi connectivity index (χ1n) is 1.70. The molecule has 8 heavy (non-hydrogen) atoms. The number of hydrogen-bond donors (Lipinski definition) is 0. The third kappa shape index (κ3) is 2.69. The van der Waals surface area contributed by atoms with Crippen LogP contribution in [0.3, 0.4) is 0 Å². The third-order valence-electron chi connectivity index (χ3n) is 0.540. The molecule has 1 rings (SSSR count).